The van der Waals surface area contributed by atoms with Crippen LogP contribution in [0.1, 0.15) is 17.4 Å². The van der Waals surface area contributed by atoms with Crippen LogP contribution in [-0.4, -0.2) is 22.0 Å². The van der Waals surface area contributed by atoms with Gasteiger partial charge >= 0.3 is 5.97 Å². The lowest BCUT2D eigenvalue weighted by atomic mass is 10.3. The number of esters is 1. The van der Waals surface area contributed by atoms with Gasteiger partial charge < -0.3 is 9.72 Å². The molecule has 0 radical (unpaired) electrons. The first-order valence-electron chi connectivity index (χ1n) is 4.60. The van der Waals surface area contributed by atoms with Crippen LogP contribution in [0.3, 0.4) is 0 Å². The van der Waals surface area contributed by atoms with Crippen molar-refractivity contribution in [3.8, 4) is 0 Å². The van der Waals surface area contributed by atoms with Crippen molar-refractivity contribution in [2.75, 3.05) is 6.61 Å². The Morgan fingerprint density at radius 1 is 1.60 bits per heavy atom. The van der Waals surface area contributed by atoms with Crippen LogP contribution in [-0.2, 0) is 4.74 Å². The molecule has 2 aromatic heterocycles. The fourth-order valence-electron chi connectivity index (χ4n) is 1.41. The molecule has 1 N–H and O–H groups in total. The molecule has 0 saturated carbocycles. The standard InChI is InChI=1S/C10H10N2O2S/c1-2-14-9(13)8-7-5-3-4-6-12(7)10(15)11-8/h3-6H,2H2,1H3,(H,11,15). The summed E-state index contributed by atoms with van der Waals surface area (Å²) in [6, 6.07) is 5.52. The van der Waals surface area contributed by atoms with Gasteiger partial charge in [0.15, 0.2) is 10.5 Å². The molecule has 5 heteroatoms. The molecule has 15 heavy (non-hydrogen) atoms. The van der Waals surface area contributed by atoms with Crippen molar-refractivity contribution in [1.82, 2.24) is 9.38 Å². The molecule has 0 unspecified atom stereocenters. The molecule has 0 aliphatic heterocycles. The topological polar surface area (TPSA) is 46.5 Å². The van der Waals surface area contributed by atoms with E-state index in [1.165, 1.54) is 0 Å². The Morgan fingerprint density at radius 3 is 3.13 bits per heavy atom. The Labute approximate surface area is 91.5 Å². The van der Waals surface area contributed by atoms with Gasteiger partial charge in [0, 0.05) is 6.20 Å². The van der Waals surface area contributed by atoms with E-state index in [-0.39, 0.29) is 5.97 Å². The van der Waals surface area contributed by atoms with Crippen molar-refractivity contribution >= 4 is 23.7 Å². The second-order valence-corrected chi connectivity index (χ2v) is 3.37. The highest BCUT2D eigenvalue weighted by atomic mass is 32.1. The highest BCUT2D eigenvalue weighted by Crippen LogP contribution is 2.11. The number of H-pyrrole nitrogens is 1. The fourth-order valence-corrected chi connectivity index (χ4v) is 1.68. The minimum atomic E-state index is -0.377. The Bertz CT molecular complexity index is 556. The number of carbonyl (C=O) groups is 1. The third kappa shape index (κ3) is 1.66. The van der Waals surface area contributed by atoms with Gasteiger partial charge in [-0.25, -0.2) is 4.79 Å². The van der Waals surface area contributed by atoms with Crippen LogP contribution >= 0.6 is 12.2 Å². The molecule has 0 amide bonds. The van der Waals surface area contributed by atoms with Gasteiger partial charge in [-0.3, -0.25) is 4.40 Å². The second-order valence-electron chi connectivity index (χ2n) is 2.98. The molecule has 0 spiro atoms. The summed E-state index contributed by atoms with van der Waals surface area (Å²) in [5, 5.41) is 0. The Hall–Kier alpha value is -1.62. The third-order valence-corrected chi connectivity index (χ3v) is 2.35. The number of hydrogen-bond donors (Lipinski definition) is 1. The van der Waals surface area contributed by atoms with Crippen molar-refractivity contribution in [2.24, 2.45) is 0 Å². The number of pyridine rings is 1. The smallest absolute Gasteiger partial charge is 0.357 e. The maximum absolute atomic E-state index is 11.6. The van der Waals surface area contributed by atoms with Crippen LogP contribution in [0.25, 0.3) is 5.52 Å². The zero-order valence-corrected chi connectivity index (χ0v) is 9.00. The zero-order chi connectivity index (χ0) is 10.8. The highest BCUT2D eigenvalue weighted by molar-refractivity contribution is 7.71. The summed E-state index contributed by atoms with van der Waals surface area (Å²) in [6.07, 6.45) is 1.80. The Morgan fingerprint density at radius 2 is 2.40 bits per heavy atom. The largest absolute Gasteiger partial charge is 0.461 e. The highest BCUT2D eigenvalue weighted by Gasteiger charge is 2.13. The third-order valence-electron chi connectivity index (χ3n) is 2.05. The van der Waals surface area contributed by atoms with Crippen LogP contribution in [0, 0.1) is 4.77 Å². The van der Waals surface area contributed by atoms with E-state index < -0.39 is 0 Å². The molecule has 0 aromatic carbocycles. The summed E-state index contributed by atoms with van der Waals surface area (Å²) in [5.41, 5.74) is 1.14. The van der Waals surface area contributed by atoms with Gasteiger partial charge in [-0.05, 0) is 31.3 Å². The number of rotatable bonds is 2. The molecule has 0 fully saturated rings. The average molecular weight is 222 g/mol. The normalized spacial score (nSPS) is 10.5. The molecule has 78 valence electrons. The molecule has 0 aliphatic carbocycles. The average Bonchev–Trinajstić information content (AvgIpc) is 2.58. The van der Waals surface area contributed by atoms with Crippen LogP contribution in [0.2, 0.25) is 0 Å². The monoisotopic (exact) mass is 222 g/mol. The van der Waals surface area contributed by atoms with E-state index in [0.717, 1.165) is 5.52 Å². The summed E-state index contributed by atoms with van der Waals surface area (Å²) in [7, 11) is 0. The van der Waals surface area contributed by atoms with E-state index in [4.69, 9.17) is 17.0 Å². The van der Waals surface area contributed by atoms with Gasteiger partial charge in [0.1, 0.15) is 0 Å². The van der Waals surface area contributed by atoms with Gasteiger partial charge in [0.05, 0.1) is 12.1 Å². The first-order chi connectivity index (χ1) is 7.24. The van der Waals surface area contributed by atoms with Gasteiger partial charge in [-0.15, -0.1) is 0 Å². The molecule has 0 bridgehead atoms. The lowest BCUT2D eigenvalue weighted by Crippen LogP contribution is -2.05. The van der Waals surface area contributed by atoms with Crippen molar-refractivity contribution in [1.29, 1.82) is 0 Å². The molecule has 0 atom stereocenters. The molecular formula is C10H10N2O2S. The SMILES string of the molecule is CCOC(=O)c1[nH]c(=S)n2ccccc12. The lowest BCUT2D eigenvalue weighted by molar-refractivity contribution is 0.0522. The van der Waals surface area contributed by atoms with Gasteiger partial charge in [-0.1, -0.05) is 6.07 Å². The minimum absolute atomic E-state index is 0.351. The number of nitrogens with one attached hydrogen (secondary N) is 1. The number of fused-ring (bicyclic) bond motifs is 1. The van der Waals surface area contributed by atoms with E-state index in [0.29, 0.717) is 17.1 Å². The fraction of sp³-hybridized carbons (Fsp3) is 0.200. The predicted octanol–water partition coefficient (Wildman–Crippen LogP) is 2.17. The van der Waals surface area contributed by atoms with Crippen molar-refractivity contribution < 1.29 is 9.53 Å². The number of nitrogens with zero attached hydrogens (tertiary/aromatic N) is 1. The minimum Gasteiger partial charge on any atom is -0.461 e. The zero-order valence-electron chi connectivity index (χ0n) is 8.19. The summed E-state index contributed by atoms with van der Waals surface area (Å²) < 4.78 is 7.15. The lowest BCUT2D eigenvalue weighted by Gasteiger charge is -1.98. The predicted molar refractivity (Wildman–Crippen MR) is 58.5 cm³/mol. The number of hydrogen-bond acceptors (Lipinski definition) is 3. The molecule has 2 heterocycles. The first-order valence-corrected chi connectivity index (χ1v) is 5.01. The number of aromatic nitrogens is 2. The van der Waals surface area contributed by atoms with Gasteiger partial charge in [0.25, 0.3) is 0 Å². The second kappa shape index (κ2) is 3.86. The number of imidazole rings is 1. The summed E-state index contributed by atoms with van der Waals surface area (Å²) in [4.78, 5) is 14.4. The molecular weight excluding hydrogens is 212 g/mol. The van der Waals surface area contributed by atoms with Crippen LogP contribution in [0.15, 0.2) is 24.4 Å². The molecule has 0 saturated heterocycles. The van der Waals surface area contributed by atoms with E-state index in [2.05, 4.69) is 4.98 Å². The summed E-state index contributed by atoms with van der Waals surface area (Å²) >= 11 is 5.08. The van der Waals surface area contributed by atoms with Crippen LogP contribution in [0.5, 0.6) is 0 Å². The van der Waals surface area contributed by atoms with Gasteiger partial charge in [0.2, 0.25) is 0 Å². The maximum atomic E-state index is 11.6. The van der Waals surface area contributed by atoms with Gasteiger partial charge in [-0.2, -0.15) is 0 Å². The Balaban J connectivity index is 2.62. The van der Waals surface area contributed by atoms with Crippen LogP contribution < -0.4 is 0 Å². The number of ether oxygens (including phenoxy) is 1. The van der Waals surface area contributed by atoms with Crippen molar-refractivity contribution in [3.63, 3.8) is 0 Å². The van der Waals surface area contributed by atoms with E-state index in [1.807, 2.05) is 18.2 Å². The Kier molecular flexibility index (Phi) is 2.55. The summed E-state index contributed by atoms with van der Waals surface area (Å²) in [6.45, 7) is 2.12. The number of aromatic amines is 1. The number of carbonyl (C=O) groups excluding carboxylic acids is 1. The van der Waals surface area contributed by atoms with E-state index in [1.54, 1.807) is 17.5 Å². The molecule has 0 aliphatic rings. The summed E-state index contributed by atoms with van der Waals surface area (Å²) in [5.74, 6) is -0.377. The molecule has 2 aromatic rings. The first kappa shape index (κ1) is 9.92. The maximum Gasteiger partial charge on any atom is 0.357 e. The van der Waals surface area contributed by atoms with E-state index >= 15 is 0 Å². The van der Waals surface area contributed by atoms with Crippen LogP contribution in [0.4, 0.5) is 0 Å². The molecule has 4 nitrogen and oxygen atoms in total. The van der Waals surface area contributed by atoms with Crippen molar-refractivity contribution in [3.05, 3.63) is 34.9 Å². The quantitative estimate of drug-likeness (QED) is 0.625. The van der Waals surface area contributed by atoms with Crippen molar-refractivity contribution in [2.45, 2.75) is 6.92 Å². The van der Waals surface area contributed by atoms with E-state index in [9.17, 15) is 4.79 Å². The molecule has 2 rings (SSSR count).